The minimum atomic E-state index is -0.181. The lowest BCUT2D eigenvalue weighted by molar-refractivity contribution is -0.114. The van der Waals surface area contributed by atoms with Crippen molar-refractivity contribution in [2.75, 3.05) is 5.32 Å². The van der Waals surface area contributed by atoms with Crippen LogP contribution in [0.4, 0.5) is 5.82 Å². The molecule has 0 radical (unpaired) electrons. The van der Waals surface area contributed by atoms with Crippen molar-refractivity contribution in [3.05, 3.63) is 30.8 Å². The molecule has 2 aromatic rings. The van der Waals surface area contributed by atoms with Crippen molar-refractivity contribution in [3.8, 4) is 11.1 Å². The zero-order valence-electron chi connectivity index (χ0n) is 8.10. The van der Waals surface area contributed by atoms with E-state index >= 15 is 0 Å². The van der Waals surface area contributed by atoms with Gasteiger partial charge in [0, 0.05) is 19.3 Å². The van der Waals surface area contributed by atoms with Gasteiger partial charge in [-0.05, 0) is 17.7 Å². The van der Waals surface area contributed by atoms with E-state index in [-0.39, 0.29) is 5.91 Å². The van der Waals surface area contributed by atoms with E-state index in [0.29, 0.717) is 5.82 Å². The molecule has 0 spiro atoms. The van der Waals surface area contributed by atoms with E-state index in [1.807, 2.05) is 12.1 Å². The number of amides is 1. The van der Waals surface area contributed by atoms with Crippen LogP contribution < -0.4 is 5.32 Å². The molecule has 1 amide bonds. The van der Waals surface area contributed by atoms with Crippen LogP contribution in [0.25, 0.3) is 11.1 Å². The van der Waals surface area contributed by atoms with E-state index in [1.54, 1.807) is 12.4 Å². The van der Waals surface area contributed by atoms with Crippen LogP contribution in [0, 0.1) is 0 Å². The molecular weight excluding hydrogens is 194 g/mol. The van der Waals surface area contributed by atoms with Crippen LogP contribution in [0.1, 0.15) is 6.92 Å². The molecule has 0 fully saturated rings. The van der Waals surface area contributed by atoms with Crippen molar-refractivity contribution in [1.82, 2.24) is 10.1 Å². The molecule has 0 atom stereocenters. The summed E-state index contributed by atoms with van der Waals surface area (Å²) < 4.78 is 4.82. The van der Waals surface area contributed by atoms with Crippen LogP contribution in [-0.2, 0) is 4.79 Å². The first-order valence-electron chi connectivity index (χ1n) is 4.40. The van der Waals surface area contributed by atoms with Crippen molar-refractivity contribution in [3.63, 3.8) is 0 Å². The predicted molar refractivity (Wildman–Crippen MR) is 54.0 cm³/mol. The zero-order valence-corrected chi connectivity index (χ0v) is 8.10. The summed E-state index contributed by atoms with van der Waals surface area (Å²) in [6.07, 6.45) is 4.82. The van der Waals surface area contributed by atoms with E-state index < -0.39 is 0 Å². The van der Waals surface area contributed by atoms with Crippen LogP contribution in [0.5, 0.6) is 0 Å². The fourth-order valence-corrected chi connectivity index (χ4v) is 1.23. The van der Waals surface area contributed by atoms with Crippen LogP contribution in [0.3, 0.4) is 0 Å². The molecule has 5 nitrogen and oxygen atoms in total. The quantitative estimate of drug-likeness (QED) is 0.806. The smallest absolute Gasteiger partial charge is 0.222 e. The third kappa shape index (κ3) is 2.01. The van der Waals surface area contributed by atoms with Gasteiger partial charge in [-0.15, -0.1) is 0 Å². The Morgan fingerprint density at radius 1 is 1.40 bits per heavy atom. The third-order valence-electron chi connectivity index (χ3n) is 1.86. The molecule has 2 aromatic heterocycles. The summed E-state index contributed by atoms with van der Waals surface area (Å²) in [7, 11) is 0. The highest BCUT2D eigenvalue weighted by Crippen LogP contribution is 2.25. The Balaban J connectivity index is 2.37. The number of hydrogen-bond donors (Lipinski definition) is 1. The molecule has 76 valence electrons. The van der Waals surface area contributed by atoms with Crippen LogP contribution in [0.15, 0.2) is 35.3 Å². The molecule has 0 aromatic carbocycles. The largest absolute Gasteiger partial charge is 0.362 e. The van der Waals surface area contributed by atoms with E-state index in [2.05, 4.69) is 15.5 Å². The fourth-order valence-electron chi connectivity index (χ4n) is 1.23. The lowest BCUT2D eigenvalue weighted by atomic mass is 10.1. The van der Waals surface area contributed by atoms with Gasteiger partial charge in [0.05, 0.1) is 5.56 Å². The highest BCUT2D eigenvalue weighted by molar-refractivity contribution is 5.92. The lowest BCUT2D eigenvalue weighted by Crippen LogP contribution is -2.06. The topological polar surface area (TPSA) is 68.0 Å². The summed E-state index contributed by atoms with van der Waals surface area (Å²) in [5, 5.41) is 6.29. The molecule has 0 aliphatic heterocycles. The number of carbonyl (C=O) groups excluding carboxylic acids is 1. The summed E-state index contributed by atoms with van der Waals surface area (Å²) >= 11 is 0. The molecule has 0 aliphatic rings. The van der Waals surface area contributed by atoms with Crippen molar-refractivity contribution in [1.29, 1.82) is 0 Å². The molecule has 0 aliphatic carbocycles. The second-order valence-electron chi connectivity index (χ2n) is 2.99. The van der Waals surface area contributed by atoms with Gasteiger partial charge in [0.25, 0.3) is 0 Å². The Kier molecular flexibility index (Phi) is 2.45. The summed E-state index contributed by atoms with van der Waals surface area (Å²) in [5.74, 6) is 0.243. The standard InChI is InChI=1S/C10H9N3O2/c1-7(14)12-10-9(6-15-13-10)8-2-4-11-5-3-8/h2-6H,1H3,(H,12,13,14). The van der Waals surface area contributed by atoms with Crippen LogP contribution in [-0.4, -0.2) is 16.0 Å². The minimum Gasteiger partial charge on any atom is -0.362 e. The van der Waals surface area contributed by atoms with E-state index in [0.717, 1.165) is 11.1 Å². The Morgan fingerprint density at radius 2 is 2.13 bits per heavy atom. The number of aromatic nitrogens is 2. The maximum absolute atomic E-state index is 10.9. The molecule has 15 heavy (non-hydrogen) atoms. The number of carbonyl (C=O) groups is 1. The summed E-state index contributed by atoms with van der Waals surface area (Å²) in [5.41, 5.74) is 1.64. The normalized spacial score (nSPS) is 9.93. The first-order chi connectivity index (χ1) is 7.27. The predicted octanol–water partition coefficient (Wildman–Crippen LogP) is 1.69. The minimum absolute atomic E-state index is 0.181. The number of nitrogens with zero attached hydrogens (tertiary/aromatic N) is 2. The molecule has 2 heterocycles. The van der Waals surface area contributed by atoms with Gasteiger partial charge >= 0.3 is 0 Å². The van der Waals surface area contributed by atoms with Gasteiger partial charge in [-0.2, -0.15) is 0 Å². The maximum atomic E-state index is 10.9. The van der Waals surface area contributed by atoms with Gasteiger partial charge in [-0.1, -0.05) is 5.16 Å². The van der Waals surface area contributed by atoms with Gasteiger partial charge in [0.1, 0.15) is 6.26 Å². The van der Waals surface area contributed by atoms with Gasteiger partial charge in [-0.25, -0.2) is 0 Å². The van der Waals surface area contributed by atoms with Crippen molar-refractivity contribution in [2.45, 2.75) is 6.92 Å². The van der Waals surface area contributed by atoms with Crippen LogP contribution in [0.2, 0.25) is 0 Å². The SMILES string of the molecule is CC(=O)Nc1nocc1-c1ccncc1. The highest BCUT2D eigenvalue weighted by Gasteiger charge is 2.10. The number of rotatable bonds is 2. The van der Waals surface area contributed by atoms with Crippen LogP contribution >= 0.6 is 0 Å². The zero-order chi connectivity index (χ0) is 10.7. The molecule has 0 saturated heterocycles. The first kappa shape index (κ1) is 9.39. The van der Waals surface area contributed by atoms with E-state index in [4.69, 9.17) is 4.52 Å². The molecule has 5 heteroatoms. The number of nitrogens with one attached hydrogen (secondary N) is 1. The van der Waals surface area contributed by atoms with Gasteiger partial charge in [0.15, 0.2) is 5.82 Å². The van der Waals surface area contributed by atoms with Gasteiger partial charge < -0.3 is 9.84 Å². The summed E-state index contributed by atoms with van der Waals surface area (Å²) in [6, 6.07) is 3.63. The third-order valence-corrected chi connectivity index (χ3v) is 1.86. The monoisotopic (exact) mass is 203 g/mol. The maximum Gasteiger partial charge on any atom is 0.222 e. The Labute approximate surface area is 86.1 Å². The van der Waals surface area contributed by atoms with E-state index in [9.17, 15) is 4.79 Å². The highest BCUT2D eigenvalue weighted by atomic mass is 16.5. The second kappa shape index (κ2) is 3.91. The molecule has 0 bridgehead atoms. The molecule has 2 rings (SSSR count). The Hall–Kier alpha value is -2.17. The molecular formula is C10H9N3O2. The molecule has 0 saturated carbocycles. The lowest BCUT2D eigenvalue weighted by Gasteiger charge is -2.00. The van der Waals surface area contributed by atoms with Crippen molar-refractivity contribution in [2.24, 2.45) is 0 Å². The summed E-state index contributed by atoms with van der Waals surface area (Å²) in [4.78, 5) is 14.8. The van der Waals surface area contributed by atoms with Crippen molar-refractivity contribution < 1.29 is 9.32 Å². The summed E-state index contributed by atoms with van der Waals surface area (Å²) in [6.45, 7) is 1.42. The average molecular weight is 203 g/mol. The molecule has 1 N–H and O–H groups in total. The van der Waals surface area contributed by atoms with Gasteiger partial charge in [0.2, 0.25) is 5.91 Å². The van der Waals surface area contributed by atoms with Crippen molar-refractivity contribution >= 4 is 11.7 Å². The average Bonchev–Trinajstić information content (AvgIpc) is 2.66. The Morgan fingerprint density at radius 3 is 2.80 bits per heavy atom. The number of pyridine rings is 1. The second-order valence-corrected chi connectivity index (χ2v) is 2.99. The van der Waals surface area contributed by atoms with E-state index in [1.165, 1.54) is 13.2 Å². The fraction of sp³-hybridized carbons (Fsp3) is 0.100. The van der Waals surface area contributed by atoms with Gasteiger partial charge in [-0.3, -0.25) is 9.78 Å². The Bertz CT molecular complexity index is 465. The number of anilines is 1. The molecule has 0 unspecified atom stereocenters. The number of hydrogen-bond acceptors (Lipinski definition) is 4. The first-order valence-corrected chi connectivity index (χ1v) is 4.40.